The Balaban J connectivity index is 2.20. The van der Waals surface area contributed by atoms with Gasteiger partial charge >= 0.3 is 5.97 Å². The van der Waals surface area contributed by atoms with Crippen molar-refractivity contribution in [2.24, 2.45) is 0 Å². The zero-order valence-corrected chi connectivity index (χ0v) is 12.7. The number of pyridine rings is 1. The van der Waals surface area contributed by atoms with Gasteiger partial charge in [0.2, 0.25) is 0 Å². The second kappa shape index (κ2) is 6.78. The zero-order chi connectivity index (χ0) is 15.4. The summed E-state index contributed by atoms with van der Waals surface area (Å²) in [5.41, 5.74) is 1.41. The predicted molar refractivity (Wildman–Crippen MR) is 82.0 cm³/mol. The van der Waals surface area contributed by atoms with Gasteiger partial charge in [0.05, 0.1) is 15.7 Å². The third-order valence-electron chi connectivity index (χ3n) is 2.86. The molecule has 1 heterocycles. The first-order chi connectivity index (χ1) is 10.0. The summed E-state index contributed by atoms with van der Waals surface area (Å²) >= 11 is 11.9. The number of nitrogens with zero attached hydrogens (tertiary/aromatic N) is 1. The Kier molecular flexibility index (Phi) is 5.04. The number of carboxylic acids is 1. The molecule has 6 heteroatoms. The molecule has 0 radical (unpaired) electrons. The van der Waals surface area contributed by atoms with E-state index in [1.165, 1.54) is 6.20 Å². The van der Waals surface area contributed by atoms with Crippen LogP contribution in [0.5, 0.6) is 5.75 Å². The number of rotatable bonds is 5. The summed E-state index contributed by atoms with van der Waals surface area (Å²) in [6.07, 6.45) is 1.06. The fraction of sp³-hybridized carbons (Fsp3) is 0.200. The van der Waals surface area contributed by atoms with E-state index in [9.17, 15) is 4.79 Å². The van der Waals surface area contributed by atoms with Crippen LogP contribution < -0.4 is 4.74 Å². The van der Waals surface area contributed by atoms with Crippen molar-refractivity contribution >= 4 is 29.2 Å². The van der Waals surface area contributed by atoms with Gasteiger partial charge in [-0.2, -0.15) is 0 Å². The lowest BCUT2D eigenvalue weighted by Gasteiger charge is -2.13. The van der Waals surface area contributed by atoms with Gasteiger partial charge < -0.3 is 9.84 Å². The van der Waals surface area contributed by atoms with E-state index >= 15 is 0 Å². The van der Waals surface area contributed by atoms with Crippen LogP contribution in [0.4, 0.5) is 0 Å². The normalized spacial score (nSPS) is 12.0. The van der Waals surface area contributed by atoms with E-state index in [-0.39, 0.29) is 0 Å². The lowest BCUT2D eigenvalue weighted by atomic mass is 10.1. The maximum atomic E-state index is 10.9. The molecule has 2 aromatic rings. The number of carbonyl (C=O) groups is 1. The molecule has 0 aliphatic rings. The highest BCUT2D eigenvalue weighted by Crippen LogP contribution is 2.29. The van der Waals surface area contributed by atoms with Crippen molar-refractivity contribution in [2.45, 2.75) is 19.4 Å². The molecule has 0 bridgehead atoms. The molecule has 2 rings (SSSR count). The first-order valence-corrected chi connectivity index (χ1v) is 7.07. The molecule has 4 nitrogen and oxygen atoms in total. The number of carboxylic acid groups (broad SMARTS) is 1. The van der Waals surface area contributed by atoms with E-state index in [0.29, 0.717) is 27.9 Å². The minimum atomic E-state index is -0.982. The second-order valence-electron chi connectivity index (χ2n) is 4.36. The molecule has 1 N–H and O–H groups in total. The smallest absolute Gasteiger partial charge is 0.344 e. The summed E-state index contributed by atoms with van der Waals surface area (Å²) in [5, 5.41) is 9.89. The molecule has 0 fully saturated rings. The average molecular weight is 326 g/mol. The van der Waals surface area contributed by atoms with Crippen LogP contribution in [0.25, 0.3) is 11.3 Å². The van der Waals surface area contributed by atoms with Crippen LogP contribution in [0.15, 0.2) is 36.5 Å². The van der Waals surface area contributed by atoms with Crippen molar-refractivity contribution in [3.05, 3.63) is 46.6 Å². The summed E-state index contributed by atoms with van der Waals surface area (Å²) < 4.78 is 5.39. The Morgan fingerprint density at radius 2 is 2.00 bits per heavy atom. The van der Waals surface area contributed by atoms with Crippen LogP contribution in [-0.4, -0.2) is 22.2 Å². The number of benzene rings is 1. The van der Waals surface area contributed by atoms with E-state index < -0.39 is 12.1 Å². The van der Waals surface area contributed by atoms with Crippen LogP contribution in [0, 0.1) is 0 Å². The van der Waals surface area contributed by atoms with Crippen LogP contribution in [-0.2, 0) is 4.79 Å². The van der Waals surface area contributed by atoms with Crippen LogP contribution in [0.2, 0.25) is 10.0 Å². The first kappa shape index (κ1) is 15.6. The standard InChI is InChI=1S/C15H13Cl2NO3/c1-2-13(15(19)20)21-11-5-3-9(4-6-11)14-12(17)7-10(16)8-18-14/h3-8,13H,2H2,1H3,(H,19,20). The van der Waals surface area contributed by atoms with Gasteiger partial charge in [0.15, 0.2) is 6.10 Å². The fourth-order valence-corrected chi connectivity index (χ4v) is 2.28. The SMILES string of the molecule is CCC(Oc1ccc(-c2ncc(Cl)cc2Cl)cc1)C(=O)O. The number of hydrogen-bond donors (Lipinski definition) is 1. The van der Waals surface area contributed by atoms with Gasteiger partial charge in [0, 0.05) is 11.8 Å². The van der Waals surface area contributed by atoms with Crippen LogP contribution in [0.3, 0.4) is 0 Å². The summed E-state index contributed by atoms with van der Waals surface area (Å²) in [6.45, 7) is 1.75. The molecule has 0 saturated heterocycles. The minimum absolute atomic E-state index is 0.391. The molecule has 1 unspecified atom stereocenters. The van der Waals surface area contributed by atoms with Crippen LogP contribution in [0.1, 0.15) is 13.3 Å². The third-order valence-corrected chi connectivity index (χ3v) is 3.35. The molecule has 0 amide bonds. The number of aliphatic carboxylic acids is 1. The Bertz CT molecular complexity index is 644. The zero-order valence-electron chi connectivity index (χ0n) is 11.2. The van der Waals surface area contributed by atoms with Crippen LogP contribution >= 0.6 is 23.2 Å². The number of halogens is 2. The molecule has 21 heavy (non-hydrogen) atoms. The van der Waals surface area contributed by atoms with Crippen molar-refractivity contribution in [3.8, 4) is 17.0 Å². The lowest BCUT2D eigenvalue weighted by molar-refractivity contribution is -0.145. The Morgan fingerprint density at radius 3 is 2.52 bits per heavy atom. The van der Waals surface area contributed by atoms with Gasteiger partial charge in [-0.05, 0) is 36.8 Å². The van der Waals surface area contributed by atoms with Crippen molar-refractivity contribution in [3.63, 3.8) is 0 Å². The van der Waals surface area contributed by atoms with Crippen molar-refractivity contribution in [1.29, 1.82) is 0 Å². The van der Waals surface area contributed by atoms with Crippen molar-refractivity contribution in [2.75, 3.05) is 0 Å². The van der Waals surface area contributed by atoms with Gasteiger partial charge in [-0.25, -0.2) is 4.79 Å². The highest BCUT2D eigenvalue weighted by molar-refractivity contribution is 6.36. The fourth-order valence-electron chi connectivity index (χ4n) is 1.79. The average Bonchev–Trinajstić information content (AvgIpc) is 2.45. The first-order valence-electron chi connectivity index (χ1n) is 6.32. The highest BCUT2D eigenvalue weighted by Gasteiger charge is 2.16. The molecule has 0 aliphatic heterocycles. The Labute approximate surface area is 132 Å². The van der Waals surface area contributed by atoms with E-state index in [0.717, 1.165) is 5.56 Å². The third kappa shape index (κ3) is 3.86. The monoisotopic (exact) mass is 325 g/mol. The minimum Gasteiger partial charge on any atom is -0.479 e. The van der Waals surface area contributed by atoms with E-state index in [2.05, 4.69) is 4.98 Å². The molecule has 1 aromatic carbocycles. The van der Waals surface area contributed by atoms with Gasteiger partial charge in [-0.15, -0.1) is 0 Å². The Morgan fingerprint density at radius 1 is 1.33 bits per heavy atom. The quantitative estimate of drug-likeness (QED) is 0.890. The predicted octanol–water partition coefficient (Wildman–Crippen LogP) is 4.30. The van der Waals surface area contributed by atoms with Gasteiger partial charge in [0.25, 0.3) is 0 Å². The molecular formula is C15H13Cl2NO3. The number of ether oxygens (including phenoxy) is 1. The summed E-state index contributed by atoms with van der Waals surface area (Å²) in [4.78, 5) is 15.1. The Hall–Kier alpha value is -1.78. The molecule has 110 valence electrons. The number of hydrogen-bond acceptors (Lipinski definition) is 3. The number of aromatic nitrogens is 1. The summed E-state index contributed by atoms with van der Waals surface area (Å²) in [7, 11) is 0. The molecule has 0 aliphatic carbocycles. The molecule has 0 spiro atoms. The highest BCUT2D eigenvalue weighted by atomic mass is 35.5. The van der Waals surface area contributed by atoms with Gasteiger partial charge in [-0.1, -0.05) is 30.1 Å². The van der Waals surface area contributed by atoms with E-state index in [4.69, 9.17) is 33.0 Å². The summed E-state index contributed by atoms with van der Waals surface area (Å²) in [6, 6.07) is 8.53. The van der Waals surface area contributed by atoms with Gasteiger partial charge in [0.1, 0.15) is 5.75 Å². The maximum Gasteiger partial charge on any atom is 0.344 e. The molecular weight excluding hydrogens is 313 g/mol. The lowest BCUT2D eigenvalue weighted by Crippen LogP contribution is -2.25. The maximum absolute atomic E-state index is 10.9. The molecule has 0 saturated carbocycles. The summed E-state index contributed by atoms with van der Waals surface area (Å²) in [5.74, 6) is -0.498. The van der Waals surface area contributed by atoms with Crippen molar-refractivity contribution in [1.82, 2.24) is 4.98 Å². The molecule has 1 aromatic heterocycles. The van der Waals surface area contributed by atoms with Crippen molar-refractivity contribution < 1.29 is 14.6 Å². The second-order valence-corrected chi connectivity index (χ2v) is 5.20. The van der Waals surface area contributed by atoms with E-state index in [1.807, 2.05) is 0 Å². The largest absolute Gasteiger partial charge is 0.479 e. The topological polar surface area (TPSA) is 59.4 Å². The molecule has 1 atom stereocenters. The van der Waals surface area contributed by atoms with E-state index in [1.54, 1.807) is 37.3 Å². The van der Waals surface area contributed by atoms with Gasteiger partial charge in [-0.3, -0.25) is 4.98 Å².